The van der Waals surface area contributed by atoms with Crippen molar-refractivity contribution in [3.8, 4) is 11.6 Å². The third-order valence-corrected chi connectivity index (χ3v) is 2.09. The molecule has 0 saturated carbocycles. The third kappa shape index (κ3) is 1.44. The second kappa shape index (κ2) is 3.31. The van der Waals surface area contributed by atoms with Crippen LogP contribution in [0.3, 0.4) is 0 Å². The molecule has 5 heteroatoms. The van der Waals surface area contributed by atoms with Crippen LogP contribution in [-0.2, 0) is 0 Å². The predicted molar refractivity (Wildman–Crippen MR) is 54.2 cm³/mol. The summed E-state index contributed by atoms with van der Waals surface area (Å²) in [7, 11) is 1.58. The van der Waals surface area contributed by atoms with E-state index in [1.807, 2.05) is 0 Å². The smallest absolute Gasteiger partial charge is 0.396 e. The van der Waals surface area contributed by atoms with Gasteiger partial charge < -0.3 is 9.84 Å². The van der Waals surface area contributed by atoms with Crippen molar-refractivity contribution < 1.29 is 9.84 Å². The Morgan fingerprint density at radius 2 is 2.07 bits per heavy atom. The minimum Gasteiger partial charge on any atom is -0.576 e. The van der Waals surface area contributed by atoms with Gasteiger partial charge in [-0.05, 0) is 12.1 Å². The van der Waals surface area contributed by atoms with E-state index in [0.29, 0.717) is 16.8 Å². The van der Waals surface area contributed by atoms with Gasteiger partial charge in [-0.1, -0.05) is 11.6 Å². The van der Waals surface area contributed by atoms with Crippen LogP contribution in [0.25, 0.3) is 11.0 Å². The van der Waals surface area contributed by atoms with Crippen LogP contribution in [0.1, 0.15) is 0 Å². The number of fused-ring (bicyclic) bond motifs is 1. The molecule has 0 saturated heterocycles. The first kappa shape index (κ1) is 9.02. The Morgan fingerprint density at radius 3 is 2.79 bits per heavy atom. The SMILES string of the molecule is COc1ccc2nc([OH2+])c(Cl)nc2c1. The zero-order valence-corrected chi connectivity index (χ0v) is 8.17. The number of rotatable bonds is 1. The van der Waals surface area contributed by atoms with Gasteiger partial charge >= 0.3 is 5.88 Å². The maximum absolute atomic E-state index is 7.36. The second-order valence-corrected chi connectivity index (χ2v) is 3.08. The summed E-state index contributed by atoms with van der Waals surface area (Å²) in [5.41, 5.74) is 1.27. The molecule has 0 aliphatic carbocycles. The Labute approximate surface area is 85.1 Å². The van der Waals surface area contributed by atoms with E-state index in [1.54, 1.807) is 25.3 Å². The topological polar surface area (TPSA) is 57.9 Å². The molecule has 4 nitrogen and oxygen atoms in total. The van der Waals surface area contributed by atoms with Crippen LogP contribution in [0.15, 0.2) is 18.2 Å². The molecule has 1 heterocycles. The summed E-state index contributed by atoms with van der Waals surface area (Å²) in [5, 5.41) is 7.47. The largest absolute Gasteiger partial charge is 0.576 e. The maximum atomic E-state index is 7.36. The molecule has 0 radical (unpaired) electrons. The normalized spacial score (nSPS) is 10.4. The second-order valence-electron chi connectivity index (χ2n) is 2.72. The van der Waals surface area contributed by atoms with Crippen molar-refractivity contribution in [2.24, 2.45) is 0 Å². The molecule has 0 unspecified atom stereocenters. The number of benzene rings is 1. The molecule has 72 valence electrons. The highest BCUT2D eigenvalue weighted by Crippen LogP contribution is 2.24. The molecule has 2 N–H and O–H groups in total. The summed E-state index contributed by atoms with van der Waals surface area (Å²) in [5.74, 6) is 0.685. The van der Waals surface area contributed by atoms with Crippen LogP contribution >= 0.6 is 11.6 Å². The lowest BCUT2D eigenvalue weighted by atomic mass is 10.3. The van der Waals surface area contributed by atoms with E-state index < -0.39 is 0 Å². The van der Waals surface area contributed by atoms with Crippen molar-refractivity contribution in [3.05, 3.63) is 23.4 Å². The first-order valence-corrected chi connectivity index (χ1v) is 4.31. The van der Waals surface area contributed by atoms with Crippen LogP contribution < -0.4 is 4.74 Å². The molecule has 0 bridgehead atoms. The minimum absolute atomic E-state index is 0.00988. The molecule has 0 atom stereocenters. The maximum Gasteiger partial charge on any atom is 0.396 e. The van der Waals surface area contributed by atoms with Crippen molar-refractivity contribution in [2.75, 3.05) is 7.11 Å². The summed E-state index contributed by atoms with van der Waals surface area (Å²) >= 11 is 5.68. The summed E-state index contributed by atoms with van der Waals surface area (Å²) in [6.45, 7) is 0. The lowest BCUT2D eigenvalue weighted by molar-refractivity contribution is 0.415. The molecule has 0 fully saturated rings. The summed E-state index contributed by atoms with van der Waals surface area (Å²) in [6.07, 6.45) is 0. The molecule has 1 aromatic carbocycles. The molecular weight excluding hydrogens is 204 g/mol. The number of nitrogens with zero attached hydrogens (tertiary/aromatic N) is 2. The fraction of sp³-hybridized carbons (Fsp3) is 0.111. The van der Waals surface area contributed by atoms with Gasteiger partial charge in [0.1, 0.15) is 5.75 Å². The van der Waals surface area contributed by atoms with Gasteiger partial charge in [-0.2, -0.15) is 4.98 Å². The minimum atomic E-state index is -0.00988. The van der Waals surface area contributed by atoms with Crippen molar-refractivity contribution >= 4 is 22.6 Å². The number of aromatic nitrogens is 2. The zero-order valence-electron chi connectivity index (χ0n) is 7.41. The van der Waals surface area contributed by atoms with Gasteiger partial charge in [0.15, 0.2) is 0 Å². The Balaban J connectivity index is 2.70. The molecule has 2 aromatic rings. The molecule has 14 heavy (non-hydrogen) atoms. The van der Waals surface area contributed by atoms with E-state index in [2.05, 4.69) is 9.97 Å². The van der Waals surface area contributed by atoms with Gasteiger partial charge in [-0.25, -0.2) is 4.98 Å². The van der Waals surface area contributed by atoms with Gasteiger partial charge in [0.2, 0.25) is 5.15 Å². The number of hydrogen-bond donors (Lipinski definition) is 0. The number of hydrogen-bond acceptors (Lipinski definition) is 3. The number of ether oxygens (including phenoxy) is 1. The standard InChI is InChI=1S/C9H7ClN2O2/c1-14-5-2-3-6-7(4-5)11-8(10)9(13)12-6/h2-4H,1H3,(H,12,13)/p+1. The third-order valence-electron chi connectivity index (χ3n) is 1.83. The molecule has 1 aromatic heterocycles. The quantitative estimate of drug-likeness (QED) is 0.675. The van der Waals surface area contributed by atoms with E-state index in [9.17, 15) is 0 Å². The first-order chi connectivity index (χ1) is 6.70. The highest BCUT2D eigenvalue weighted by Gasteiger charge is 2.09. The van der Waals surface area contributed by atoms with Crippen LogP contribution in [-0.4, -0.2) is 22.2 Å². The van der Waals surface area contributed by atoms with Crippen molar-refractivity contribution in [1.29, 1.82) is 0 Å². The zero-order chi connectivity index (χ0) is 10.1. The number of methoxy groups -OCH3 is 1. The van der Waals surface area contributed by atoms with Crippen LogP contribution in [0.5, 0.6) is 11.6 Å². The fourth-order valence-corrected chi connectivity index (χ4v) is 1.27. The Bertz CT molecular complexity index is 487. The number of halogens is 1. The summed E-state index contributed by atoms with van der Waals surface area (Å²) in [4.78, 5) is 7.99. The monoisotopic (exact) mass is 211 g/mol. The lowest BCUT2D eigenvalue weighted by Gasteiger charge is -2.00. The van der Waals surface area contributed by atoms with Crippen molar-refractivity contribution in [2.45, 2.75) is 0 Å². The molecule has 2 rings (SSSR count). The highest BCUT2D eigenvalue weighted by atomic mass is 35.5. The van der Waals surface area contributed by atoms with Gasteiger partial charge in [-0.15, -0.1) is 0 Å². The van der Waals surface area contributed by atoms with E-state index in [4.69, 9.17) is 21.4 Å². The van der Waals surface area contributed by atoms with Crippen molar-refractivity contribution in [1.82, 2.24) is 9.97 Å². The Hall–Kier alpha value is -1.55. The van der Waals surface area contributed by atoms with Crippen LogP contribution in [0.2, 0.25) is 5.15 Å². The summed E-state index contributed by atoms with van der Waals surface area (Å²) < 4.78 is 5.03. The van der Waals surface area contributed by atoms with Crippen LogP contribution in [0.4, 0.5) is 0 Å². The predicted octanol–water partition coefficient (Wildman–Crippen LogP) is 1.73. The molecular formula is C9H8ClN2O2+. The first-order valence-electron chi connectivity index (χ1n) is 3.93. The Kier molecular flexibility index (Phi) is 2.13. The average molecular weight is 212 g/mol. The van der Waals surface area contributed by atoms with Gasteiger partial charge in [0.25, 0.3) is 0 Å². The lowest BCUT2D eigenvalue weighted by Crippen LogP contribution is -1.88. The van der Waals surface area contributed by atoms with E-state index in [0.717, 1.165) is 0 Å². The average Bonchev–Trinajstić information content (AvgIpc) is 2.19. The fourth-order valence-electron chi connectivity index (χ4n) is 1.14. The molecule has 0 amide bonds. The van der Waals surface area contributed by atoms with Crippen LogP contribution in [0, 0.1) is 0 Å². The Morgan fingerprint density at radius 1 is 1.29 bits per heavy atom. The van der Waals surface area contributed by atoms with E-state index in [-0.39, 0.29) is 11.0 Å². The van der Waals surface area contributed by atoms with E-state index in [1.165, 1.54) is 0 Å². The molecule has 0 aliphatic heterocycles. The molecule has 0 aliphatic rings. The molecule has 0 spiro atoms. The van der Waals surface area contributed by atoms with Crippen molar-refractivity contribution in [3.63, 3.8) is 0 Å². The highest BCUT2D eigenvalue weighted by molar-refractivity contribution is 6.30. The van der Waals surface area contributed by atoms with Gasteiger partial charge in [0, 0.05) is 6.07 Å². The van der Waals surface area contributed by atoms with Gasteiger partial charge in [-0.3, -0.25) is 0 Å². The van der Waals surface area contributed by atoms with E-state index >= 15 is 0 Å². The van der Waals surface area contributed by atoms with Gasteiger partial charge in [0.05, 0.1) is 18.1 Å². The summed E-state index contributed by atoms with van der Waals surface area (Å²) in [6, 6.07) is 5.24.